The van der Waals surface area contributed by atoms with Crippen LogP contribution in [0.3, 0.4) is 0 Å². The predicted octanol–water partition coefficient (Wildman–Crippen LogP) is 4.55. The van der Waals surface area contributed by atoms with Gasteiger partial charge in [-0.3, -0.25) is 4.79 Å². The number of hydrogen-bond donors (Lipinski definition) is 2. The van der Waals surface area contributed by atoms with Crippen molar-refractivity contribution in [2.45, 2.75) is 39.7 Å². The number of benzene rings is 2. The van der Waals surface area contributed by atoms with E-state index in [4.69, 9.17) is 26.8 Å². The second-order valence-corrected chi connectivity index (χ2v) is 8.33. The van der Waals surface area contributed by atoms with Crippen molar-refractivity contribution in [2.24, 2.45) is 5.73 Å². The molecule has 0 aliphatic carbocycles. The predicted molar refractivity (Wildman–Crippen MR) is 127 cm³/mol. The van der Waals surface area contributed by atoms with E-state index < -0.39 is 0 Å². The van der Waals surface area contributed by atoms with Crippen LogP contribution in [0.25, 0.3) is 0 Å². The van der Waals surface area contributed by atoms with Crippen LogP contribution < -0.4 is 20.7 Å². The van der Waals surface area contributed by atoms with Crippen molar-refractivity contribution < 1.29 is 14.3 Å². The standard InChI is InChI=1S/C24H32ClN3O3/c1-4-30-22-6-5-8-28(15-22)21-13-19(25)12-20(14-21)27-24(29)18-10-16(2)23(17(3)11-18)31-9-7-26/h10-14,22H,4-9,15,26H2,1-3H3,(H,27,29). The van der Waals surface area contributed by atoms with Gasteiger partial charge in [0.1, 0.15) is 12.4 Å². The lowest BCUT2D eigenvalue weighted by Crippen LogP contribution is -2.39. The SMILES string of the molecule is CCOC1CCCN(c2cc(Cl)cc(NC(=O)c3cc(C)c(OCCN)c(C)c3)c2)C1. The summed E-state index contributed by atoms with van der Waals surface area (Å²) in [5.41, 5.74) is 9.57. The molecule has 1 aliphatic heterocycles. The van der Waals surface area contributed by atoms with Crippen LogP contribution in [-0.4, -0.2) is 44.9 Å². The van der Waals surface area contributed by atoms with E-state index in [-0.39, 0.29) is 12.0 Å². The van der Waals surface area contributed by atoms with Gasteiger partial charge in [-0.25, -0.2) is 0 Å². The number of carbonyl (C=O) groups excluding carboxylic acids is 1. The van der Waals surface area contributed by atoms with Crippen molar-refractivity contribution in [3.63, 3.8) is 0 Å². The lowest BCUT2D eigenvalue weighted by Gasteiger charge is -2.34. The molecule has 1 heterocycles. The maximum absolute atomic E-state index is 12.9. The van der Waals surface area contributed by atoms with E-state index in [1.807, 2.05) is 45.0 Å². The lowest BCUT2D eigenvalue weighted by atomic mass is 10.0. The number of ether oxygens (including phenoxy) is 2. The summed E-state index contributed by atoms with van der Waals surface area (Å²) in [5.74, 6) is 0.594. The van der Waals surface area contributed by atoms with Gasteiger partial charge in [-0.2, -0.15) is 0 Å². The molecule has 1 unspecified atom stereocenters. The Bertz CT molecular complexity index is 894. The van der Waals surface area contributed by atoms with Gasteiger partial charge in [-0.1, -0.05) is 11.6 Å². The summed E-state index contributed by atoms with van der Waals surface area (Å²) in [6, 6.07) is 9.33. The monoisotopic (exact) mass is 445 g/mol. The Morgan fingerprint density at radius 2 is 1.97 bits per heavy atom. The zero-order chi connectivity index (χ0) is 22.4. The largest absolute Gasteiger partial charge is 0.492 e. The number of nitrogens with zero attached hydrogens (tertiary/aromatic N) is 1. The Kier molecular flexibility index (Phi) is 8.18. The first-order chi connectivity index (χ1) is 14.9. The first-order valence-corrected chi connectivity index (χ1v) is 11.2. The van der Waals surface area contributed by atoms with Crippen LogP contribution in [0.5, 0.6) is 5.75 Å². The molecular formula is C24H32ClN3O3. The van der Waals surface area contributed by atoms with Gasteiger partial charge < -0.3 is 25.4 Å². The Morgan fingerprint density at radius 1 is 1.23 bits per heavy atom. The van der Waals surface area contributed by atoms with Crippen LogP contribution in [0.2, 0.25) is 5.02 Å². The molecule has 0 saturated carbocycles. The average Bonchev–Trinajstić information content (AvgIpc) is 2.73. The smallest absolute Gasteiger partial charge is 0.255 e. The highest BCUT2D eigenvalue weighted by molar-refractivity contribution is 6.31. The Balaban J connectivity index is 1.76. The summed E-state index contributed by atoms with van der Waals surface area (Å²) in [6.45, 7) is 9.25. The zero-order valence-electron chi connectivity index (χ0n) is 18.5. The number of nitrogens with one attached hydrogen (secondary N) is 1. The van der Waals surface area contributed by atoms with Crippen molar-refractivity contribution in [2.75, 3.05) is 43.1 Å². The number of amides is 1. The van der Waals surface area contributed by atoms with Gasteiger partial charge in [0.15, 0.2) is 0 Å². The molecule has 2 aromatic carbocycles. The van der Waals surface area contributed by atoms with Crippen LogP contribution in [0.15, 0.2) is 30.3 Å². The summed E-state index contributed by atoms with van der Waals surface area (Å²) >= 11 is 6.38. The minimum absolute atomic E-state index is 0.185. The van der Waals surface area contributed by atoms with E-state index >= 15 is 0 Å². The van der Waals surface area contributed by atoms with Crippen molar-refractivity contribution in [1.29, 1.82) is 0 Å². The molecule has 1 amide bonds. The number of anilines is 2. The first kappa shape index (κ1) is 23.4. The third-order valence-electron chi connectivity index (χ3n) is 5.37. The van der Waals surface area contributed by atoms with Gasteiger partial charge >= 0.3 is 0 Å². The van der Waals surface area contributed by atoms with Gasteiger partial charge in [0.25, 0.3) is 5.91 Å². The average molecular weight is 446 g/mol. The maximum Gasteiger partial charge on any atom is 0.255 e. The second-order valence-electron chi connectivity index (χ2n) is 7.89. The Hall–Kier alpha value is -2.28. The maximum atomic E-state index is 12.9. The Labute approximate surface area is 189 Å². The number of piperidine rings is 1. The zero-order valence-corrected chi connectivity index (χ0v) is 19.3. The molecule has 1 saturated heterocycles. The number of halogens is 1. The highest BCUT2D eigenvalue weighted by atomic mass is 35.5. The van der Waals surface area contributed by atoms with E-state index in [9.17, 15) is 4.79 Å². The van der Waals surface area contributed by atoms with Crippen molar-refractivity contribution in [3.8, 4) is 5.75 Å². The van der Waals surface area contributed by atoms with Crippen molar-refractivity contribution in [1.82, 2.24) is 0 Å². The number of rotatable bonds is 8. The molecule has 0 radical (unpaired) electrons. The van der Waals surface area contributed by atoms with Gasteiger partial charge in [0.05, 0.1) is 6.10 Å². The van der Waals surface area contributed by atoms with Crippen molar-refractivity contribution in [3.05, 3.63) is 52.0 Å². The highest BCUT2D eigenvalue weighted by Gasteiger charge is 2.21. The summed E-state index contributed by atoms with van der Waals surface area (Å²) in [6.07, 6.45) is 2.36. The summed E-state index contributed by atoms with van der Waals surface area (Å²) in [5, 5.41) is 3.58. The Morgan fingerprint density at radius 3 is 2.65 bits per heavy atom. The summed E-state index contributed by atoms with van der Waals surface area (Å²) < 4.78 is 11.5. The molecule has 168 valence electrons. The molecule has 6 nitrogen and oxygen atoms in total. The summed E-state index contributed by atoms with van der Waals surface area (Å²) in [7, 11) is 0. The molecule has 0 bridgehead atoms. The van der Waals surface area contributed by atoms with Gasteiger partial charge in [-0.05, 0) is 75.1 Å². The lowest BCUT2D eigenvalue weighted by molar-refractivity contribution is 0.0526. The fraction of sp³-hybridized carbons (Fsp3) is 0.458. The third kappa shape index (κ3) is 6.12. The topological polar surface area (TPSA) is 76.8 Å². The van der Waals surface area contributed by atoms with Gasteiger partial charge in [-0.15, -0.1) is 0 Å². The fourth-order valence-electron chi connectivity index (χ4n) is 4.05. The van der Waals surface area contributed by atoms with E-state index in [1.54, 1.807) is 6.07 Å². The first-order valence-electron chi connectivity index (χ1n) is 10.8. The molecule has 1 fully saturated rings. The molecular weight excluding hydrogens is 414 g/mol. The molecule has 7 heteroatoms. The van der Waals surface area contributed by atoms with E-state index in [1.165, 1.54) is 0 Å². The quantitative estimate of drug-likeness (QED) is 0.623. The van der Waals surface area contributed by atoms with Crippen LogP contribution in [-0.2, 0) is 4.74 Å². The van der Waals surface area contributed by atoms with Crippen LogP contribution in [0.4, 0.5) is 11.4 Å². The molecule has 2 aromatic rings. The van der Waals surface area contributed by atoms with Crippen LogP contribution in [0.1, 0.15) is 41.3 Å². The molecule has 31 heavy (non-hydrogen) atoms. The molecule has 1 aliphatic rings. The third-order valence-corrected chi connectivity index (χ3v) is 5.59. The van der Waals surface area contributed by atoms with Gasteiger partial charge in [0, 0.05) is 48.2 Å². The number of nitrogens with two attached hydrogens (primary N) is 1. The van der Waals surface area contributed by atoms with E-state index in [0.717, 1.165) is 48.5 Å². The normalized spacial score (nSPS) is 16.3. The minimum atomic E-state index is -0.185. The number of carbonyl (C=O) groups is 1. The highest BCUT2D eigenvalue weighted by Crippen LogP contribution is 2.30. The van der Waals surface area contributed by atoms with Gasteiger partial charge in [0.2, 0.25) is 0 Å². The van der Waals surface area contributed by atoms with Crippen molar-refractivity contribution >= 4 is 28.9 Å². The molecule has 0 aromatic heterocycles. The molecule has 1 atom stereocenters. The van der Waals surface area contributed by atoms with Crippen LogP contribution in [0, 0.1) is 13.8 Å². The molecule has 3 rings (SSSR count). The number of aryl methyl sites for hydroxylation is 2. The minimum Gasteiger partial charge on any atom is -0.492 e. The summed E-state index contributed by atoms with van der Waals surface area (Å²) in [4.78, 5) is 15.2. The number of hydrogen-bond acceptors (Lipinski definition) is 5. The fourth-order valence-corrected chi connectivity index (χ4v) is 4.28. The van der Waals surface area contributed by atoms with E-state index in [0.29, 0.717) is 36.0 Å². The van der Waals surface area contributed by atoms with Crippen LogP contribution >= 0.6 is 11.6 Å². The second kappa shape index (κ2) is 10.8. The molecule has 3 N–H and O–H groups in total. The van der Waals surface area contributed by atoms with E-state index in [2.05, 4.69) is 10.2 Å². The molecule has 0 spiro atoms.